The molecule has 1 aromatic rings. The Kier molecular flexibility index (Phi) is 5.54. The maximum Gasteiger partial charge on any atom is 0.242 e. The van der Waals surface area contributed by atoms with Gasteiger partial charge in [-0.15, -0.1) is 0 Å². The number of nitrogens with two attached hydrogens (primary N) is 1. The Labute approximate surface area is 119 Å². The smallest absolute Gasteiger partial charge is 0.242 e. The molecule has 0 atom stereocenters. The normalized spacial score (nSPS) is 10.5. The van der Waals surface area contributed by atoms with E-state index in [1.54, 1.807) is 19.0 Å². The number of nitrogen functional groups attached to an aromatic ring is 1. The largest absolute Gasteiger partial charge is 0.473 e. The van der Waals surface area contributed by atoms with E-state index in [9.17, 15) is 4.79 Å². The highest BCUT2D eigenvalue weighted by molar-refractivity contribution is 5.82. The SMILES string of the molecule is CCN(CC(=O)N(C)C)c1ncnc(OC(C)C)c1N. The molecular weight excluding hydrogens is 258 g/mol. The van der Waals surface area contributed by atoms with Gasteiger partial charge >= 0.3 is 0 Å². The van der Waals surface area contributed by atoms with Gasteiger partial charge in [-0.25, -0.2) is 4.98 Å². The number of aromatic nitrogens is 2. The molecule has 0 saturated carbocycles. The predicted molar refractivity (Wildman–Crippen MR) is 78.8 cm³/mol. The summed E-state index contributed by atoms with van der Waals surface area (Å²) >= 11 is 0. The summed E-state index contributed by atoms with van der Waals surface area (Å²) in [5.74, 6) is 0.852. The quantitative estimate of drug-likeness (QED) is 0.828. The van der Waals surface area contributed by atoms with E-state index in [0.717, 1.165) is 0 Å². The van der Waals surface area contributed by atoms with Crippen LogP contribution < -0.4 is 15.4 Å². The molecule has 1 rings (SSSR count). The maximum absolute atomic E-state index is 11.8. The number of nitrogens with zero attached hydrogens (tertiary/aromatic N) is 4. The molecule has 0 spiro atoms. The van der Waals surface area contributed by atoms with Gasteiger partial charge in [0.1, 0.15) is 12.0 Å². The summed E-state index contributed by atoms with van der Waals surface area (Å²) in [4.78, 5) is 23.4. The van der Waals surface area contributed by atoms with Crippen molar-refractivity contribution in [1.29, 1.82) is 0 Å². The van der Waals surface area contributed by atoms with Crippen LogP contribution in [-0.2, 0) is 4.79 Å². The lowest BCUT2D eigenvalue weighted by atomic mass is 10.3. The number of anilines is 2. The van der Waals surface area contributed by atoms with Crippen LogP contribution in [0.2, 0.25) is 0 Å². The second-order valence-corrected chi connectivity index (χ2v) is 4.89. The second kappa shape index (κ2) is 6.93. The van der Waals surface area contributed by atoms with E-state index in [-0.39, 0.29) is 18.6 Å². The zero-order valence-corrected chi connectivity index (χ0v) is 12.8. The Hall–Kier alpha value is -2.05. The lowest BCUT2D eigenvalue weighted by molar-refractivity contribution is -0.127. The summed E-state index contributed by atoms with van der Waals surface area (Å²) in [6, 6.07) is 0. The Balaban J connectivity index is 3.00. The van der Waals surface area contributed by atoms with Crippen LogP contribution in [0.1, 0.15) is 20.8 Å². The van der Waals surface area contributed by atoms with Gasteiger partial charge in [-0.2, -0.15) is 4.98 Å². The Morgan fingerprint density at radius 1 is 1.40 bits per heavy atom. The van der Waals surface area contributed by atoms with Crippen molar-refractivity contribution in [3.8, 4) is 5.88 Å². The number of hydrogen-bond acceptors (Lipinski definition) is 6. The van der Waals surface area contributed by atoms with E-state index in [2.05, 4.69) is 9.97 Å². The Morgan fingerprint density at radius 2 is 2.05 bits per heavy atom. The molecule has 1 aromatic heterocycles. The van der Waals surface area contributed by atoms with Crippen LogP contribution in [0.5, 0.6) is 5.88 Å². The number of hydrogen-bond donors (Lipinski definition) is 1. The lowest BCUT2D eigenvalue weighted by Crippen LogP contribution is -2.37. The van der Waals surface area contributed by atoms with Crippen LogP contribution in [0.4, 0.5) is 11.5 Å². The highest BCUT2D eigenvalue weighted by atomic mass is 16.5. The van der Waals surface area contributed by atoms with Gasteiger partial charge in [-0.3, -0.25) is 4.79 Å². The van der Waals surface area contributed by atoms with Crippen molar-refractivity contribution in [1.82, 2.24) is 14.9 Å². The van der Waals surface area contributed by atoms with Crippen molar-refractivity contribution in [2.24, 2.45) is 0 Å². The van der Waals surface area contributed by atoms with Gasteiger partial charge in [0.25, 0.3) is 0 Å². The molecule has 0 aliphatic carbocycles. The minimum atomic E-state index is -0.0291. The van der Waals surface area contributed by atoms with Crippen LogP contribution in [-0.4, -0.2) is 54.1 Å². The van der Waals surface area contributed by atoms with Gasteiger partial charge in [-0.05, 0) is 20.8 Å². The number of carbonyl (C=O) groups excluding carboxylic acids is 1. The highest BCUT2D eigenvalue weighted by Gasteiger charge is 2.18. The number of likely N-dealkylation sites (N-methyl/N-ethyl adjacent to an activating group) is 2. The van der Waals surface area contributed by atoms with Gasteiger partial charge in [0.15, 0.2) is 5.82 Å². The Bertz CT molecular complexity index is 462. The highest BCUT2D eigenvalue weighted by Crippen LogP contribution is 2.28. The molecule has 7 nitrogen and oxygen atoms in total. The molecule has 2 N–H and O–H groups in total. The Morgan fingerprint density at radius 3 is 2.55 bits per heavy atom. The van der Waals surface area contributed by atoms with Crippen LogP contribution in [0, 0.1) is 0 Å². The zero-order valence-electron chi connectivity index (χ0n) is 12.8. The van der Waals surface area contributed by atoms with E-state index in [0.29, 0.717) is 23.9 Å². The van der Waals surface area contributed by atoms with E-state index in [4.69, 9.17) is 10.5 Å². The molecule has 0 aliphatic rings. The summed E-state index contributed by atoms with van der Waals surface area (Å²) in [7, 11) is 3.43. The zero-order chi connectivity index (χ0) is 15.3. The van der Waals surface area contributed by atoms with Crippen molar-refractivity contribution in [2.75, 3.05) is 37.8 Å². The van der Waals surface area contributed by atoms with Gasteiger partial charge in [-0.1, -0.05) is 0 Å². The summed E-state index contributed by atoms with van der Waals surface area (Å²) in [6.45, 7) is 6.56. The van der Waals surface area contributed by atoms with Crippen molar-refractivity contribution < 1.29 is 9.53 Å². The standard InChI is InChI=1S/C13H23N5O2/c1-6-18(7-10(19)17(4)5)12-11(14)13(16-8-15-12)20-9(2)3/h8-9H,6-7,14H2,1-5H3. The van der Waals surface area contributed by atoms with Crippen molar-refractivity contribution >= 4 is 17.4 Å². The topological polar surface area (TPSA) is 84.6 Å². The van der Waals surface area contributed by atoms with Crippen molar-refractivity contribution in [3.05, 3.63) is 6.33 Å². The minimum Gasteiger partial charge on any atom is -0.473 e. The van der Waals surface area contributed by atoms with E-state index in [1.165, 1.54) is 11.2 Å². The lowest BCUT2D eigenvalue weighted by Gasteiger charge is -2.24. The first-order valence-corrected chi connectivity index (χ1v) is 6.59. The fourth-order valence-electron chi connectivity index (χ4n) is 1.58. The third-order valence-electron chi connectivity index (χ3n) is 2.68. The van der Waals surface area contributed by atoms with Gasteiger partial charge < -0.3 is 20.3 Å². The monoisotopic (exact) mass is 281 g/mol. The number of rotatable bonds is 6. The van der Waals surface area contributed by atoms with Crippen molar-refractivity contribution in [2.45, 2.75) is 26.9 Å². The molecule has 1 amide bonds. The van der Waals surface area contributed by atoms with E-state index >= 15 is 0 Å². The minimum absolute atomic E-state index is 0.0174. The van der Waals surface area contributed by atoms with E-state index in [1.807, 2.05) is 20.8 Å². The van der Waals surface area contributed by atoms with Crippen LogP contribution in [0.15, 0.2) is 6.33 Å². The van der Waals surface area contributed by atoms with Crippen LogP contribution in [0.3, 0.4) is 0 Å². The maximum atomic E-state index is 11.8. The molecule has 0 unspecified atom stereocenters. The molecule has 0 aliphatic heterocycles. The molecule has 20 heavy (non-hydrogen) atoms. The summed E-state index contributed by atoms with van der Waals surface area (Å²) < 4.78 is 5.53. The predicted octanol–water partition coefficient (Wildman–Crippen LogP) is 0.760. The van der Waals surface area contributed by atoms with Gasteiger partial charge in [0, 0.05) is 20.6 Å². The molecule has 0 fully saturated rings. The van der Waals surface area contributed by atoms with Crippen LogP contribution >= 0.6 is 0 Å². The number of carbonyl (C=O) groups is 1. The third kappa shape index (κ3) is 3.97. The summed E-state index contributed by atoms with van der Waals surface area (Å²) in [5.41, 5.74) is 6.40. The molecule has 7 heteroatoms. The fraction of sp³-hybridized carbons (Fsp3) is 0.615. The fourth-order valence-corrected chi connectivity index (χ4v) is 1.58. The first kappa shape index (κ1) is 16.0. The average molecular weight is 281 g/mol. The summed E-state index contributed by atoms with van der Waals surface area (Å²) in [6.07, 6.45) is 1.37. The molecule has 0 saturated heterocycles. The number of amides is 1. The molecule has 0 aromatic carbocycles. The third-order valence-corrected chi connectivity index (χ3v) is 2.68. The first-order chi connectivity index (χ1) is 9.36. The number of ether oxygens (including phenoxy) is 1. The van der Waals surface area contributed by atoms with Gasteiger partial charge in [0.05, 0.1) is 12.6 Å². The molecule has 112 valence electrons. The second-order valence-electron chi connectivity index (χ2n) is 4.89. The first-order valence-electron chi connectivity index (χ1n) is 6.59. The molecule has 0 bridgehead atoms. The van der Waals surface area contributed by atoms with Crippen LogP contribution in [0.25, 0.3) is 0 Å². The molecular formula is C13H23N5O2. The average Bonchev–Trinajstić information content (AvgIpc) is 2.38. The molecule has 1 heterocycles. The van der Waals surface area contributed by atoms with Crippen molar-refractivity contribution in [3.63, 3.8) is 0 Å². The van der Waals surface area contributed by atoms with E-state index < -0.39 is 0 Å². The summed E-state index contributed by atoms with van der Waals surface area (Å²) in [5, 5.41) is 0. The molecule has 0 radical (unpaired) electrons. The van der Waals surface area contributed by atoms with Gasteiger partial charge in [0.2, 0.25) is 11.8 Å².